The van der Waals surface area contributed by atoms with Crippen LogP contribution in [0.4, 0.5) is 4.39 Å². The Hall–Kier alpha value is -1.43. The van der Waals surface area contributed by atoms with Gasteiger partial charge in [0.15, 0.2) is 0 Å². The summed E-state index contributed by atoms with van der Waals surface area (Å²) in [6, 6.07) is 4.31. The zero-order valence-electron chi connectivity index (χ0n) is 11.2. The predicted octanol–water partition coefficient (Wildman–Crippen LogP) is 1.87. The zero-order chi connectivity index (χ0) is 14.7. The summed E-state index contributed by atoms with van der Waals surface area (Å²) >= 11 is 3.33. The molecule has 1 aliphatic rings. The molecule has 0 saturated carbocycles. The van der Waals surface area contributed by atoms with E-state index in [1.165, 1.54) is 12.1 Å². The van der Waals surface area contributed by atoms with E-state index in [-0.39, 0.29) is 30.1 Å². The van der Waals surface area contributed by atoms with E-state index in [0.29, 0.717) is 19.4 Å². The lowest BCUT2D eigenvalue weighted by atomic mass is 10.1. The second-order valence-corrected chi connectivity index (χ2v) is 5.83. The number of hydrogen-bond acceptors (Lipinski definition) is 2. The molecule has 0 bridgehead atoms. The van der Waals surface area contributed by atoms with Gasteiger partial charge in [-0.3, -0.25) is 9.59 Å². The third-order valence-corrected chi connectivity index (χ3v) is 4.11. The molecular formula is C14H16BrFN2O2. The van der Waals surface area contributed by atoms with Crippen molar-refractivity contribution in [1.82, 2.24) is 10.2 Å². The van der Waals surface area contributed by atoms with Gasteiger partial charge < -0.3 is 10.2 Å². The van der Waals surface area contributed by atoms with Crippen LogP contribution in [0.2, 0.25) is 0 Å². The first-order chi connectivity index (χ1) is 9.45. The van der Waals surface area contributed by atoms with E-state index in [1.54, 1.807) is 18.0 Å². The van der Waals surface area contributed by atoms with E-state index in [4.69, 9.17) is 0 Å². The van der Waals surface area contributed by atoms with Gasteiger partial charge in [0, 0.05) is 30.9 Å². The normalized spacial score (nSPS) is 18.4. The number of carbonyl (C=O) groups excluding carboxylic acids is 2. The van der Waals surface area contributed by atoms with Crippen molar-refractivity contribution >= 4 is 27.7 Å². The fraction of sp³-hybridized carbons (Fsp3) is 0.429. The summed E-state index contributed by atoms with van der Waals surface area (Å²) in [5.41, 5.74) is 0.764. The highest BCUT2D eigenvalue weighted by Gasteiger charge is 2.27. The van der Waals surface area contributed by atoms with Gasteiger partial charge in [0.1, 0.15) is 5.82 Å². The maximum atomic E-state index is 13.1. The minimum Gasteiger partial charge on any atom is -0.351 e. The fourth-order valence-corrected chi connectivity index (χ4v) is 2.69. The molecule has 0 unspecified atom stereocenters. The molecule has 0 aliphatic carbocycles. The molecule has 0 aromatic heterocycles. The van der Waals surface area contributed by atoms with Gasteiger partial charge in [-0.15, -0.1) is 0 Å². The standard InChI is InChI=1S/C14H16BrFN2O2/c1-18-8-11(7-14(18)20)17-13(19)5-2-9-6-10(16)3-4-12(9)15/h3-4,6,11H,2,5,7-8H2,1H3,(H,17,19)/t11-/m0/s1. The van der Waals surface area contributed by atoms with E-state index in [2.05, 4.69) is 21.2 Å². The molecule has 4 nitrogen and oxygen atoms in total. The van der Waals surface area contributed by atoms with Crippen molar-refractivity contribution in [3.8, 4) is 0 Å². The summed E-state index contributed by atoms with van der Waals surface area (Å²) in [7, 11) is 1.72. The lowest BCUT2D eigenvalue weighted by Crippen LogP contribution is -2.36. The van der Waals surface area contributed by atoms with Crippen LogP contribution in [-0.4, -0.2) is 36.3 Å². The van der Waals surface area contributed by atoms with Crippen molar-refractivity contribution in [2.24, 2.45) is 0 Å². The average molecular weight is 343 g/mol. The maximum absolute atomic E-state index is 13.1. The minimum absolute atomic E-state index is 0.0446. The van der Waals surface area contributed by atoms with E-state index in [1.807, 2.05) is 0 Å². The van der Waals surface area contributed by atoms with E-state index in [0.717, 1.165) is 10.0 Å². The first-order valence-electron chi connectivity index (χ1n) is 6.43. The quantitative estimate of drug-likeness (QED) is 0.907. The van der Waals surface area contributed by atoms with Gasteiger partial charge in [0.05, 0.1) is 6.04 Å². The minimum atomic E-state index is -0.313. The van der Waals surface area contributed by atoms with Crippen molar-refractivity contribution < 1.29 is 14.0 Å². The number of likely N-dealkylation sites (tertiary alicyclic amines) is 1. The maximum Gasteiger partial charge on any atom is 0.224 e. The molecule has 1 atom stereocenters. The Morgan fingerprint density at radius 3 is 2.95 bits per heavy atom. The Kier molecular flexibility index (Phi) is 4.75. The van der Waals surface area contributed by atoms with Crippen LogP contribution in [0.5, 0.6) is 0 Å². The van der Waals surface area contributed by atoms with Crippen molar-refractivity contribution in [3.63, 3.8) is 0 Å². The van der Waals surface area contributed by atoms with Crippen LogP contribution >= 0.6 is 15.9 Å². The third kappa shape index (κ3) is 3.79. The molecule has 1 fully saturated rings. The molecule has 2 rings (SSSR count). The largest absolute Gasteiger partial charge is 0.351 e. The average Bonchev–Trinajstić information content (AvgIpc) is 2.69. The van der Waals surface area contributed by atoms with Gasteiger partial charge in [-0.05, 0) is 30.2 Å². The molecule has 0 radical (unpaired) electrons. The molecule has 1 saturated heterocycles. The number of benzene rings is 1. The van der Waals surface area contributed by atoms with Crippen molar-refractivity contribution in [3.05, 3.63) is 34.1 Å². The number of nitrogens with one attached hydrogen (secondary N) is 1. The van der Waals surface area contributed by atoms with E-state index < -0.39 is 0 Å². The summed E-state index contributed by atoms with van der Waals surface area (Å²) in [5, 5.41) is 2.83. The van der Waals surface area contributed by atoms with Gasteiger partial charge in [0.25, 0.3) is 0 Å². The summed E-state index contributed by atoms with van der Waals surface area (Å²) in [6.07, 6.45) is 1.09. The lowest BCUT2D eigenvalue weighted by Gasteiger charge is -2.12. The molecule has 1 aromatic carbocycles. The highest BCUT2D eigenvalue weighted by Crippen LogP contribution is 2.19. The lowest BCUT2D eigenvalue weighted by molar-refractivity contribution is -0.126. The monoisotopic (exact) mass is 342 g/mol. The number of amides is 2. The van der Waals surface area contributed by atoms with Crippen LogP contribution < -0.4 is 5.32 Å². The molecule has 0 spiro atoms. The molecular weight excluding hydrogens is 327 g/mol. The van der Waals surface area contributed by atoms with Crippen LogP contribution in [0.25, 0.3) is 0 Å². The van der Waals surface area contributed by atoms with Crippen LogP contribution in [0.3, 0.4) is 0 Å². The number of halogens is 2. The van der Waals surface area contributed by atoms with Gasteiger partial charge in [0.2, 0.25) is 11.8 Å². The second kappa shape index (κ2) is 6.35. The molecule has 1 N–H and O–H groups in total. The highest BCUT2D eigenvalue weighted by atomic mass is 79.9. The molecule has 6 heteroatoms. The van der Waals surface area contributed by atoms with Gasteiger partial charge >= 0.3 is 0 Å². The van der Waals surface area contributed by atoms with Crippen LogP contribution in [0.1, 0.15) is 18.4 Å². The Balaban J connectivity index is 1.83. The van der Waals surface area contributed by atoms with Crippen LogP contribution in [0.15, 0.2) is 22.7 Å². The number of carbonyl (C=O) groups is 2. The summed E-state index contributed by atoms with van der Waals surface area (Å²) in [4.78, 5) is 24.8. The van der Waals surface area contributed by atoms with E-state index in [9.17, 15) is 14.0 Å². The Bertz CT molecular complexity index is 536. The van der Waals surface area contributed by atoms with Gasteiger partial charge in [-0.1, -0.05) is 15.9 Å². The zero-order valence-corrected chi connectivity index (χ0v) is 12.7. The van der Waals surface area contributed by atoms with Crippen molar-refractivity contribution in [2.75, 3.05) is 13.6 Å². The van der Waals surface area contributed by atoms with Gasteiger partial charge in [-0.2, -0.15) is 0 Å². The topological polar surface area (TPSA) is 49.4 Å². The summed E-state index contributed by atoms with van der Waals surface area (Å²) < 4.78 is 13.9. The van der Waals surface area contributed by atoms with E-state index >= 15 is 0 Å². The molecule has 1 heterocycles. The number of aryl methyl sites for hydroxylation is 1. The number of hydrogen-bond donors (Lipinski definition) is 1. The molecule has 20 heavy (non-hydrogen) atoms. The smallest absolute Gasteiger partial charge is 0.224 e. The predicted molar refractivity (Wildman–Crippen MR) is 76.6 cm³/mol. The Morgan fingerprint density at radius 2 is 2.30 bits per heavy atom. The second-order valence-electron chi connectivity index (χ2n) is 4.98. The van der Waals surface area contributed by atoms with Crippen LogP contribution in [-0.2, 0) is 16.0 Å². The molecule has 1 aliphatic heterocycles. The SMILES string of the molecule is CN1C[C@@H](NC(=O)CCc2cc(F)ccc2Br)CC1=O. The van der Waals surface area contributed by atoms with Crippen LogP contribution in [0, 0.1) is 5.82 Å². The Morgan fingerprint density at radius 1 is 1.55 bits per heavy atom. The third-order valence-electron chi connectivity index (χ3n) is 3.34. The molecule has 108 valence electrons. The summed E-state index contributed by atoms with van der Waals surface area (Å²) in [5.74, 6) is -0.385. The first-order valence-corrected chi connectivity index (χ1v) is 7.22. The molecule has 1 aromatic rings. The summed E-state index contributed by atoms with van der Waals surface area (Å²) in [6.45, 7) is 0.550. The van der Waals surface area contributed by atoms with Gasteiger partial charge in [-0.25, -0.2) is 4.39 Å². The molecule has 2 amide bonds. The number of nitrogens with zero attached hydrogens (tertiary/aromatic N) is 1. The Labute approximate surface area is 125 Å². The van der Waals surface area contributed by atoms with Crippen molar-refractivity contribution in [1.29, 1.82) is 0 Å². The van der Waals surface area contributed by atoms with Crippen molar-refractivity contribution in [2.45, 2.75) is 25.3 Å². The number of rotatable bonds is 4. The first kappa shape index (κ1) is 15.0. The fourth-order valence-electron chi connectivity index (χ4n) is 2.24. The number of likely N-dealkylation sites (N-methyl/N-ethyl adjacent to an activating group) is 1. The highest BCUT2D eigenvalue weighted by molar-refractivity contribution is 9.10.